The van der Waals surface area contributed by atoms with E-state index in [0.717, 1.165) is 12.1 Å². The molecule has 1 aromatic rings. The Morgan fingerprint density at radius 2 is 2.06 bits per heavy atom. The molecule has 0 unspecified atom stereocenters. The molecule has 0 N–H and O–H groups in total. The molecule has 5 heteroatoms. The van der Waals surface area contributed by atoms with Crippen molar-refractivity contribution in [2.75, 3.05) is 7.11 Å². The molecule has 0 aliphatic carbocycles. The summed E-state index contributed by atoms with van der Waals surface area (Å²) in [5.74, 6) is 0.127. The van der Waals surface area contributed by atoms with Gasteiger partial charge in [-0.05, 0) is 12.1 Å². The van der Waals surface area contributed by atoms with Gasteiger partial charge >= 0.3 is 6.18 Å². The first kappa shape index (κ1) is 13.3. The molecule has 0 amide bonds. The van der Waals surface area contributed by atoms with Gasteiger partial charge in [0.05, 0.1) is 12.7 Å². The number of hydrogen-bond acceptors (Lipinski definition) is 2. The van der Waals surface area contributed by atoms with Gasteiger partial charge in [-0.1, -0.05) is 18.2 Å². The fourth-order valence-corrected chi connectivity index (χ4v) is 1.28. The minimum atomic E-state index is -4.39. The third-order valence-electron chi connectivity index (χ3n) is 2.09. The molecule has 0 fully saturated rings. The van der Waals surface area contributed by atoms with E-state index in [2.05, 4.69) is 0 Å². The minimum absolute atomic E-state index is 0.127. The molecule has 0 aromatic heterocycles. The molecule has 0 saturated carbocycles. The molecular weight excluding hydrogens is 233 g/mol. The van der Waals surface area contributed by atoms with Gasteiger partial charge in [0.25, 0.3) is 0 Å². The Morgan fingerprint density at radius 1 is 1.35 bits per heavy atom. The Labute approximate surface area is 96.7 Å². The van der Waals surface area contributed by atoms with Crippen LogP contribution in [0.15, 0.2) is 24.3 Å². The summed E-state index contributed by atoms with van der Waals surface area (Å²) >= 11 is 0. The highest BCUT2D eigenvalue weighted by Crippen LogP contribution is 2.33. The number of alkyl halides is 3. The van der Waals surface area contributed by atoms with E-state index in [1.165, 1.54) is 13.2 Å². The van der Waals surface area contributed by atoms with Crippen molar-refractivity contribution in [3.05, 3.63) is 35.4 Å². The Morgan fingerprint density at radius 3 is 2.59 bits per heavy atom. The minimum Gasteiger partial charge on any atom is -0.496 e. The molecule has 92 valence electrons. The number of rotatable bonds is 4. The number of methoxy groups -OCH3 is 1. The maximum absolute atomic E-state index is 12.4. The van der Waals surface area contributed by atoms with Crippen LogP contribution >= 0.6 is 0 Å². The molecule has 0 atom stereocenters. The van der Waals surface area contributed by atoms with Crippen molar-refractivity contribution >= 4 is 12.4 Å². The second-order valence-corrected chi connectivity index (χ2v) is 3.26. The van der Waals surface area contributed by atoms with Gasteiger partial charge in [0.1, 0.15) is 12.0 Å². The first-order valence-corrected chi connectivity index (χ1v) is 4.84. The first-order valence-electron chi connectivity index (χ1n) is 4.84. The molecule has 0 aliphatic rings. The number of allylic oxidation sites excluding steroid dienone is 1. The molecular formula is C12H11F3O2. The Bertz CT molecular complexity index is 422. The van der Waals surface area contributed by atoms with Crippen LogP contribution in [0, 0.1) is 0 Å². The van der Waals surface area contributed by atoms with E-state index in [9.17, 15) is 18.0 Å². The lowest BCUT2D eigenvalue weighted by Crippen LogP contribution is -2.05. The number of benzene rings is 1. The number of carbonyl (C=O) groups excluding carboxylic acids is 1. The van der Waals surface area contributed by atoms with Crippen LogP contribution in [0.4, 0.5) is 13.2 Å². The summed E-state index contributed by atoms with van der Waals surface area (Å²) in [6.07, 6.45) is -0.374. The van der Waals surface area contributed by atoms with Crippen molar-refractivity contribution in [2.45, 2.75) is 12.6 Å². The molecule has 1 rings (SSSR count). The lowest BCUT2D eigenvalue weighted by molar-refractivity contribution is -0.137. The molecule has 0 heterocycles. The zero-order valence-corrected chi connectivity index (χ0v) is 9.12. The van der Waals surface area contributed by atoms with Gasteiger partial charge < -0.3 is 9.53 Å². The van der Waals surface area contributed by atoms with Crippen LogP contribution in [-0.4, -0.2) is 13.4 Å². The topological polar surface area (TPSA) is 26.3 Å². The predicted octanol–water partition coefficient (Wildman–Crippen LogP) is 3.32. The number of halogens is 3. The summed E-state index contributed by atoms with van der Waals surface area (Å²) in [5, 5.41) is 0. The first-order chi connectivity index (χ1) is 7.99. The van der Waals surface area contributed by atoms with E-state index in [1.54, 1.807) is 12.2 Å². The number of carbonyl (C=O) groups is 1. The average molecular weight is 244 g/mol. The van der Waals surface area contributed by atoms with E-state index in [1.807, 2.05) is 0 Å². The van der Waals surface area contributed by atoms with Crippen LogP contribution in [0.25, 0.3) is 6.08 Å². The van der Waals surface area contributed by atoms with Crippen LogP contribution in [0.1, 0.15) is 17.5 Å². The molecule has 1 aromatic carbocycles. The Hall–Kier alpha value is -1.78. The van der Waals surface area contributed by atoms with Gasteiger partial charge in [0, 0.05) is 12.0 Å². The third kappa shape index (κ3) is 3.62. The fraction of sp³-hybridized carbons (Fsp3) is 0.250. The van der Waals surface area contributed by atoms with Crippen molar-refractivity contribution in [3.63, 3.8) is 0 Å². The summed E-state index contributed by atoms with van der Waals surface area (Å²) in [6, 6.07) is 3.21. The van der Waals surface area contributed by atoms with Gasteiger partial charge in [-0.2, -0.15) is 13.2 Å². The van der Waals surface area contributed by atoms with Crippen molar-refractivity contribution in [2.24, 2.45) is 0 Å². The van der Waals surface area contributed by atoms with Crippen molar-refractivity contribution < 1.29 is 22.7 Å². The van der Waals surface area contributed by atoms with Crippen LogP contribution in [0.2, 0.25) is 0 Å². The lowest BCUT2D eigenvalue weighted by Gasteiger charge is -2.10. The molecule has 0 saturated heterocycles. The normalized spacial score (nSPS) is 11.8. The number of aldehydes is 1. The van der Waals surface area contributed by atoms with E-state index < -0.39 is 11.7 Å². The molecule has 0 bridgehead atoms. The summed E-state index contributed by atoms with van der Waals surface area (Å²) in [7, 11) is 1.30. The second-order valence-electron chi connectivity index (χ2n) is 3.26. The van der Waals surface area contributed by atoms with Crippen molar-refractivity contribution in [1.82, 2.24) is 0 Å². The highest BCUT2D eigenvalue weighted by Gasteiger charge is 2.31. The van der Waals surface area contributed by atoms with E-state index >= 15 is 0 Å². The average Bonchev–Trinajstić information content (AvgIpc) is 2.28. The largest absolute Gasteiger partial charge is 0.496 e. The van der Waals surface area contributed by atoms with Gasteiger partial charge in [-0.3, -0.25) is 0 Å². The van der Waals surface area contributed by atoms with Crippen LogP contribution in [0.3, 0.4) is 0 Å². The SMILES string of the molecule is COc1cc(C(F)(F)F)ccc1C=CCC=O. The molecule has 17 heavy (non-hydrogen) atoms. The van der Waals surface area contributed by atoms with E-state index in [-0.39, 0.29) is 12.2 Å². The van der Waals surface area contributed by atoms with Crippen molar-refractivity contribution in [1.29, 1.82) is 0 Å². The Kier molecular flexibility index (Phi) is 4.31. The number of ether oxygens (including phenoxy) is 1. The summed E-state index contributed by atoms with van der Waals surface area (Å²) < 4.78 is 42.1. The van der Waals surface area contributed by atoms with Crippen molar-refractivity contribution in [3.8, 4) is 5.75 Å². The van der Waals surface area contributed by atoms with Gasteiger partial charge in [-0.15, -0.1) is 0 Å². The summed E-state index contributed by atoms with van der Waals surface area (Å²) in [4.78, 5) is 10.1. The maximum atomic E-state index is 12.4. The highest BCUT2D eigenvalue weighted by molar-refractivity contribution is 5.62. The molecule has 0 spiro atoms. The Balaban J connectivity index is 3.05. The zero-order chi connectivity index (χ0) is 12.9. The highest BCUT2D eigenvalue weighted by atomic mass is 19.4. The summed E-state index contributed by atoms with van der Waals surface area (Å²) in [5.41, 5.74) is -0.260. The van der Waals surface area contributed by atoms with E-state index in [4.69, 9.17) is 4.74 Å². The van der Waals surface area contributed by atoms with Crippen LogP contribution < -0.4 is 4.74 Å². The molecule has 2 nitrogen and oxygen atoms in total. The van der Waals surface area contributed by atoms with Crippen LogP contribution in [-0.2, 0) is 11.0 Å². The molecule has 0 aliphatic heterocycles. The fourth-order valence-electron chi connectivity index (χ4n) is 1.28. The van der Waals surface area contributed by atoms with Gasteiger partial charge in [0.15, 0.2) is 0 Å². The van der Waals surface area contributed by atoms with Crippen LogP contribution in [0.5, 0.6) is 5.75 Å². The standard InChI is InChI=1S/C12H11F3O2/c1-17-11-8-10(12(13,14)15)6-5-9(11)4-2-3-7-16/h2,4-8H,3H2,1H3. The quantitative estimate of drug-likeness (QED) is 0.759. The molecule has 0 radical (unpaired) electrons. The smallest absolute Gasteiger partial charge is 0.416 e. The monoisotopic (exact) mass is 244 g/mol. The second kappa shape index (κ2) is 5.52. The summed E-state index contributed by atoms with van der Waals surface area (Å²) in [6.45, 7) is 0. The van der Waals surface area contributed by atoms with E-state index in [0.29, 0.717) is 11.8 Å². The maximum Gasteiger partial charge on any atom is 0.416 e. The third-order valence-corrected chi connectivity index (χ3v) is 2.09. The lowest BCUT2D eigenvalue weighted by atomic mass is 10.1. The van der Waals surface area contributed by atoms with Gasteiger partial charge in [0.2, 0.25) is 0 Å². The number of hydrogen-bond donors (Lipinski definition) is 0. The predicted molar refractivity (Wildman–Crippen MR) is 57.7 cm³/mol. The zero-order valence-electron chi connectivity index (χ0n) is 9.12. The van der Waals surface area contributed by atoms with Gasteiger partial charge in [-0.25, -0.2) is 0 Å².